The van der Waals surface area contributed by atoms with Gasteiger partial charge in [-0.05, 0) is 18.6 Å². The molecule has 1 heterocycles. The highest BCUT2D eigenvalue weighted by Crippen LogP contribution is 2.18. The van der Waals surface area contributed by atoms with Crippen LogP contribution in [0.2, 0.25) is 5.15 Å². The molecule has 0 aliphatic carbocycles. The molecule has 0 saturated carbocycles. The molecule has 104 valence electrons. The van der Waals surface area contributed by atoms with Crippen LogP contribution in [-0.2, 0) is 9.53 Å². The molecule has 5 nitrogen and oxygen atoms in total. The molecular formula is C14H14ClN3O2. The summed E-state index contributed by atoms with van der Waals surface area (Å²) in [6.07, 6.45) is -0.723. The van der Waals surface area contributed by atoms with Gasteiger partial charge in [0.2, 0.25) is 5.95 Å². The van der Waals surface area contributed by atoms with Gasteiger partial charge in [-0.2, -0.15) is 0 Å². The molecule has 1 amide bonds. The van der Waals surface area contributed by atoms with Crippen molar-refractivity contribution in [2.45, 2.75) is 13.0 Å². The average Bonchev–Trinajstić information content (AvgIpc) is 2.39. The van der Waals surface area contributed by atoms with Gasteiger partial charge in [0.25, 0.3) is 5.91 Å². The first-order chi connectivity index (χ1) is 9.60. The molecule has 1 unspecified atom stereocenters. The third-order valence-electron chi connectivity index (χ3n) is 2.63. The van der Waals surface area contributed by atoms with Gasteiger partial charge >= 0.3 is 0 Å². The molecule has 2 rings (SSSR count). The van der Waals surface area contributed by atoms with Crippen molar-refractivity contribution in [1.29, 1.82) is 0 Å². The Morgan fingerprint density at radius 3 is 2.60 bits per heavy atom. The fourth-order valence-electron chi connectivity index (χ4n) is 1.78. The Kier molecular flexibility index (Phi) is 4.65. The molecule has 1 N–H and O–H groups in total. The van der Waals surface area contributed by atoms with Gasteiger partial charge in [0.15, 0.2) is 6.10 Å². The lowest BCUT2D eigenvalue weighted by Crippen LogP contribution is -2.23. The van der Waals surface area contributed by atoms with E-state index in [9.17, 15) is 4.79 Å². The molecule has 0 aliphatic heterocycles. The van der Waals surface area contributed by atoms with Crippen LogP contribution in [0.3, 0.4) is 0 Å². The number of carbonyl (C=O) groups is 1. The topological polar surface area (TPSA) is 64.1 Å². The number of amides is 1. The van der Waals surface area contributed by atoms with Crippen molar-refractivity contribution in [1.82, 2.24) is 9.97 Å². The normalized spacial score (nSPS) is 11.9. The Labute approximate surface area is 122 Å². The van der Waals surface area contributed by atoms with Crippen molar-refractivity contribution in [3.8, 4) is 0 Å². The van der Waals surface area contributed by atoms with Gasteiger partial charge in [-0.1, -0.05) is 41.9 Å². The predicted molar refractivity (Wildman–Crippen MR) is 76.6 cm³/mol. The lowest BCUT2D eigenvalue weighted by atomic mass is 10.1. The van der Waals surface area contributed by atoms with E-state index in [1.54, 1.807) is 13.0 Å². The van der Waals surface area contributed by atoms with Crippen molar-refractivity contribution >= 4 is 23.5 Å². The largest absolute Gasteiger partial charge is 0.367 e. The van der Waals surface area contributed by atoms with Crippen LogP contribution in [0, 0.1) is 6.92 Å². The summed E-state index contributed by atoms with van der Waals surface area (Å²) in [6, 6.07) is 10.8. The fraction of sp³-hybridized carbons (Fsp3) is 0.214. The van der Waals surface area contributed by atoms with Crippen LogP contribution in [0.5, 0.6) is 0 Å². The number of halogens is 1. The lowest BCUT2D eigenvalue weighted by molar-refractivity contribution is -0.126. The summed E-state index contributed by atoms with van der Waals surface area (Å²) in [5.41, 5.74) is 1.43. The summed E-state index contributed by atoms with van der Waals surface area (Å²) in [5.74, 6) is -0.182. The fourth-order valence-corrected chi connectivity index (χ4v) is 2.02. The van der Waals surface area contributed by atoms with E-state index < -0.39 is 6.10 Å². The molecule has 1 aromatic heterocycles. The second-order valence-electron chi connectivity index (χ2n) is 4.17. The number of hydrogen-bond acceptors (Lipinski definition) is 4. The van der Waals surface area contributed by atoms with E-state index in [1.807, 2.05) is 30.3 Å². The molecule has 2 aromatic rings. The first kappa shape index (κ1) is 14.4. The van der Waals surface area contributed by atoms with Gasteiger partial charge in [-0.15, -0.1) is 0 Å². The molecule has 0 aliphatic rings. The van der Waals surface area contributed by atoms with Gasteiger partial charge in [0, 0.05) is 12.8 Å². The van der Waals surface area contributed by atoms with E-state index >= 15 is 0 Å². The quantitative estimate of drug-likeness (QED) is 0.880. The van der Waals surface area contributed by atoms with Crippen LogP contribution in [0.15, 0.2) is 36.4 Å². The Morgan fingerprint density at radius 1 is 1.30 bits per heavy atom. The maximum atomic E-state index is 12.2. The van der Waals surface area contributed by atoms with Crippen molar-refractivity contribution in [2.75, 3.05) is 12.4 Å². The SMILES string of the molecule is COC(C(=O)Nc1nc(C)cc(Cl)n1)c1ccccc1. The molecule has 0 spiro atoms. The number of carbonyl (C=O) groups excluding carboxylic acids is 1. The minimum atomic E-state index is -0.723. The molecule has 0 bridgehead atoms. The monoisotopic (exact) mass is 291 g/mol. The number of nitrogens with zero attached hydrogens (tertiary/aromatic N) is 2. The maximum absolute atomic E-state index is 12.2. The van der Waals surface area contributed by atoms with E-state index in [2.05, 4.69) is 15.3 Å². The Hall–Kier alpha value is -1.98. The number of aromatic nitrogens is 2. The molecule has 20 heavy (non-hydrogen) atoms. The number of nitrogens with one attached hydrogen (secondary N) is 1. The molecular weight excluding hydrogens is 278 g/mol. The van der Waals surface area contributed by atoms with E-state index in [4.69, 9.17) is 16.3 Å². The van der Waals surface area contributed by atoms with Crippen molar-refractivity contribution in [3.05, 3.63) is 52.8 Å². The van der Waals surface area contributed by atoms with Gasteiger partial charge < -0.3 is 4.74 Å². The van der Waals surface area contributed by atoms with Crippen LogP contribution in [0.25, 0.3) is 0 Å². The van der Waals surface area contributed by atoms with Gasteiger partial charge in [0.05, 0.1) is 0 Å². The predicted octanol–water partition coefficient (Wildman–Crippen LogP) is 2.76. The number of rotatable bonds is 4. The molecule has 0 saturated heterocycles. The number of hydrogen-bond donors (Lipinski definition) is 1. The molecule has 1 aromatic carbocycles. The highest BCUT2D eigenvalue weighted by atomic mass is 35.5. The molecule has 0 radical (unpaired) electrons. The summed E-state index contributed by atoms with van der Waals surface area (Å²) in [5, 5.41) is 2.88. The Balaban J connectivity index is 2.18. The summed E-state index contributed by atoms with van der Waals surface area (Å²) in [6.45, 7) is 1.77. The third kappa shape index (κ3) is 3.53. The highest BCUT2D eigenvalue weighted by molar-refractivity contribution is 6.29. The summed E-state index contributed by atoms with van der Waals surface area (Å²) >= 11 is 5.83. The minimum Gasteiger partial charge on any atom is -0.367 e. The smallest absolute Gasteiger partial charge is 0.260 e. The average molecular weight is 292 g/mol. The first-order valence-electron chi connectivity index (χ1n) is 6.00. The van der Waals surface area contributed by atoms with E-state index in [-0.39, 0.29) is 17.0 Å². The number of methoxy groups -OCH3 is 1. The standard InChI is InChI=1S/C14H14ClN3O2/c1-9-8-11(15)17-14(16-9)18-13(19)12(20-2)10-6-4-3-5-7-10/h3-8,12H,1-2H3,(H,16,17,18,19). The van der Waals surface area contributed by atoms with Gasteiger partial charge in [0.1, 0.15) is 5.15 Å². The van der Waals surface area contributed by atoms with Gasteiger partial charge in [-0.3, -0.25) is 10.1 Å². The third-order valence-corrected chi connectivity index (χ3v) is 2.83. The number of anilines is 1. The Morgan fingerprint density at radius 2 is 2.00 bits per heavy atom. The van der Waals surface area contributed by atoms with Crippen molar-refractivity contribution in [2.24, 2.45) is 0 Å². The second-order valence-corrected chi connectivity index (χ2v) is 4.56. The van der Waals surface area contributed by atoms with E-state index in [0.29, 0.717) is 5.69 Å². The zero-order valence-corrected chi connectivity index (χ0v) is 11.9. The molecule has 1 atom stereocenters. The number of aryl methyl sites for hydroxylation is 1. The zero-order chi connectivity index (χ0) is 14.5. The van der Waals surface area contributed by atoms with Crippen LogP contribution in [0.4, 0.5) is 5.95 Å². The zero-order valence-electron chi connectivity index (χ0n) is 11.1. The van der Waals surface area contributed by atoms with Crippen molar-refractivity contribution in [3.63, 3.8) is 0 Å². The summed E-state index contributed by atoms with van der Waals surface area (Å²) in [7, 11) is 1.47. The molecule has 6 heteroatoms. The lowest BCUT2D eigenvalue weighted by Gasteiger charge is -2.15. The van der Waals surface area contributed by atoms with Crippen LogP contribution >= 0.6 is 11.6 Å². The van der Waals surface area contributed by atoms with E-state index in [1.165, 1.54) is 7.11 Å². The summed E-state index contributed by atoms with van der Waals surface area (Å²) in [4.78, 5) is 20.3. The van der Waals surface area contributed by atoms with Crippen LogP contribution in [-0.4, -0.2) is 23.0 Å². The number of benzene rings is 1. The van der Waals surface area contributed by atoms with Crippen LogP contribution in [0.1, 0.15) is 17.4 Å². The summed E-state index contributed by atoms with van der Waals surface area (Å²) < 4.78 is 5.23. The highest BCUT2D eigenvalue weighted by Gasteiger charge is 2.20. The van der Waals surface area contributed by atoms with E-state index in [0.717, 1.165) is 5.56 Å². The van der Waals surface area contributed by atoms with Crippen molar-refractivity contribution < 1.29 is 9.53 Å². The first-order valence-corrected chi connectivity index (χ1v) is 6.37. The Bertz CT molecular complexity index is 584. The molecule has 0 fully saturated rings. The maximum Gasteiger partial charge on any atom is 0.260 e. The number of ether oxygens (including phenoxy) is 1. The van der Waals surface area contributed by atoms with Gasteiger partial charge in [-0.25, -0.2) is 9.97 Å². The second kappa shape index (κ2) is 6.45. The minimum absolute atomic E-state index is 0.165. The van der Waals surface area contributed by atoms with Crippen LogP contribution < -0.4 is 5.32 Å².